The van der Waals surface area contributed by atoms with Crippen LogP contribution in [0.4, 0.5) is 0 Å². The molecule has 1 atom stereocenters. The molecule has 0 spiro atoms. The maximum absolute atomic E-state index is 4.45. The van der Waals surface area contributed by atoms with Gasteiger partial charge in [0.1, 0.15) is 0 Å². The number of nitrogens with one attached hydrogen (secondary N) is 1. The quantitative estimate of drug-likeness (QED) is 0.923. The Morgan fingerprint density at radius 3 is 3.18 bits per heavy atom. The molecule has 3 rings (SSSR count). The van der Waals surface area contributed by atoms with Crippen molar-refractivity contribution in [3.05, 3.63) is 29.0 Å². The normalized spacial score (nSPS) is 20.9. The third-order valence-corrected chi connectivity index (χ3v) is 3.91. The first-order valence-corrected chi connectivity index (χ1v) is 6.96. The minimum Gasteiger partial charge on any atom is -0.329 e. The summed E-state index contributed by atoms with van der Waals surface area (Å²) in [6.07, 6.45) is 5.88. The van der Waals surface area contributed by atoms with Gasteiger partial charge in [0, 0.05) is 17.1 Å². The lowest BCUT2D eigenvalue weighted by Crippen LogP contribution is -2.37. The molecule has 0 aliphatic carbocycles. The van der Waals surface area contributed by atoms with E-state index in [1.807, 2.05) is 6.33 Å². The van der Waals surface area contributed by atoms with Crippen molar-refractivity contribution in [2.24, 2.45) is 0 Å². The van der Waals surface area contributed by atoms with E-state index in [1.165, 1.54) is 24.8 Å². The number of piperidine rings is 1. The molecule has 0 saturated carbocycles. The van der Waals surface area contributed by atoms with Gasteiger partial charge in [-0.25, -0.2) is 4.98 Å². The standard InChI is InChI=1S/C13H16BrN3/c14-10-4-5-13-12(7-10)16-9-17(13)8-11-3-1-2-6-15-11/h4-5,7,9,11,15H,1-3,6,8H2. The Hall–Kier alpha value is -0.870. The van der Waals surface area contributed by atoms with Crippen LogP contribution in [0.1, 0.15) is 19.3 Å². The number of nitrogens with zero attached hydrogens (tertiary/aromatic N) is 2. The summed E-state index contributed by atoms with van der Waals surface area (Å²) < 4.78 is 3.34. The van der Waals surface area contributed by atoms with E-state index in [0.29, 0.717) is 6.04 Å². The molecule has 1 fully saturated rings. The Balaban J connectivity index is 1.84. The predicted octanol–water partition coefficient (Wildman–Crippen LogP) is 2.94. The van der Waals surface area contributed by atoms with E-state index in [9.17, 15) is 0 Å². The van der Waals surface area contributed by atoms with Crippen molar-refractivity contribution in [1.82, 2.24) is 14.9 Å². The van der Waals surface area contributed by atoms with Crippen molar-refractivity contribution in [2.75, 3.05) is 6.54 Å². The van der Waals surface area contributed by atoms with E-state index in [4.69, 9.17) is 0 Å². The Labute approximate surface area is 109 Å². The molecule has 4 heteroatoms. The van der Waals surface area contributed by atoms with Crippen LogP contribution in [0, 0.1) is 0 Å². The summed E-state index contributed by atoms with van der Waals surface area (Å²) in [5, 5.41) is 3.58. The number of aromatic nitrogens is 2. The second-order valence-corrected chi connectivity index (χ2v) is 5.59. The fourth-order valence-corrected chi connectivity index (χ4v) is 2.85. The predicted molar refractivity (Wildman–Crippen MR) is 73.1 cm³/mol. The summed E-state index contributed by atoms with van der Waals surface area (Å²) in [6, 6.07) is 6.88. The highest BCUT2D eigenvalue weighted by molar-refractivity contribution is 9.10. The van der Waals surface area contributed by atoms with Crippen LogP contribution in [-0.2, 0) is 6.54 Å². The van der Waals surface area contributed by atoms with Gasteiger partial charge in [-0.3, -0.25) is 0 Å². The number of imidazole rings is 1. The molecule has 17 heavy (non-hydrogen) atoms. The molecular weight excluding hydrogens is 278 g/mol. The van der Waals surface area contributed by atoms with E-state index < -0.39 is 0 Å². The SMILES string of the molecule is Brc1ccc2c(c1)ncn2CC1CCCCN1. The van der Waals surface area contributed by atoms with E-state index in [-0.39, 0.29) is 0 Å². The zero-order valence-electron chi connectivity index (χ0n) is 9.69. The van der Waals surface area contributed by atoms with Gasteiger partial charge in [-0.2, -0.15) is 0 Å². The molecule has 0 bridgehead atoms. The summed E-state index contributed by atoms with van der Waals surface area (Å²) in [6.45, 7) is 2.18. The summed E-state index contributed by atoms with van der Waals surface area (Å²) in [4.78, 5) is 4.45. The molecular formula is C13H16BrN3. The Morgan fingerprint density at radius 2 is 2.35 bits per heavy atom. The third-order valence-electron chi connectivity index (χ3n) is 3.41. The van der Waals surface area contributed by atoms with Crippen LogP contribution in [0.5, 0.6) is 0 Å². The summed E-state index contributed by atoms with van der Waals surface area (Å²) in [5.41, 5.74) is 2.29. The molecule has 1 aromatic heterocycles. The first kappa shape index (κ1) is 11.2. The minimum absolute atomic E-state index is 0.602. The van der Waals surface area contributed by atoms with E-state index in [2.05, 4.69) is 49.0 Å². The topological polar surface area (TPSA) is 29.9 Å². The van der Waals surface area contributed by atoms with E-state index in [0.717, 1.165) is 23.1 Å². The molecule has 1 aliphatic rings. The highest BCUT2D eigenvalue weighted by Crippen LogP contribution is 2.19. The number of hydrogen-bond donors (Lipinski definition) is 1. The van der Waals surface area contributed by atoms with Crippen LogP contribution in [0.3, 0.4) is 0 Å². The lowest BCUT2D eigenvalue weighted by atomic mass is 10.1. The average Bonchev–Trinajstić information content (AvgIpc) is 2.73. The fourth-order valence-electron chi connectivity index (χ4n) is 2.50. The smallest absolute Gasteiger partial charge is 0.0958 e. The maximum Gasteiger partial charge on any atom is 0.0958 e. The van der Waals surface area contributed by atoms with Gasteiger partial charge in [0.05, 0.1) is 17.4 Å². The number of halogens is 1. The van der Waals surface area contributed by atoms with Crippen LogP contribution < -0.4 is 5.32 Å². The maximum atomic E-state index is 4.45. The monoisotopic (exact) mass is 293 g/mol. The van der Waals surface area contributed by atoms with Crippen LogP contribution in [-0.4, -0.2) is 22.1 Å². The molecule has 1 unspecified atom stereocenters. The van der Waals surface area contributed by atoms with Crippen LogP contribution in [0.15, 0.2) is 29.0 Å². The number of fused-ring (bicyclic) bond motifs is 1. The molecule has 3 nitrogen and oxygen atoms in total. The highest BCUT2D eigenvalue weighted by Gasteiger charge is 2.14. The molecule has 0 amide bonds. The van der Waals surface area contributed by atoms with Gasteiger partial charge in [0.2, 0.25) is 0 Å². The van der Waals surface area contributed by atoms with E-state index >= 15 is 0 Å². The van der Waals surface area contributed by atoms with E-state index in [1.54, 1.807) is 0 Å². The summed E-state index contributed by atoms with van der Waals surface area (Å²) >= 11 is 3.48. The lowest BCUT2D eigenvalue weighted by molar-refractivity contribution is 0.366. The summed E-state index contributed by atoms with van der Waals surface area (Å²) in [7, 11) is 0. The highest BCUT2D eigenvalue weighted by atomic mass is 79.9. The van der Waals surface area contributed by atoms with Gasteiger partial charge in [-0.1, -0.05) is 22.4 Å². The minimum atomic E-state index is 0.602. The van der Waals surface area contributed by atoms with Crippen LogP contribution in [0.2, 0.25) is 0 Å². The largest absolute Gasteiger partial charge is 0.329 e. The van der Waals surface area contributed by atoms with Crippen LogP contribution in [0.25, 0.3) is 11.0 Å². The zero-order valence-corrected chi connectivity index (χ0v) is 11.3. The van der Waals surface area contributed by atoms with Gasteiger partial charge < -0.3 is 9.88 Å². The second kappa shape index (κ2) is 4.78. The molecule has 2 heterocycles. The molecule has 2 aromatic rings. The molecule has 1 aliphatic heterocycles. The fraction of sp³-hybridized carbons (Fsp3) is 0.462. The van der Waals surface area contributed by atoms with Crippen molar-refractivity contribution in [2.45, 2.75) is 31.8 Å². The molecule has 1 aromatic carbocycles. The third kappa shape index (κ3) is 2.38. The van der Waals surface area contributed by atoms with Gasteiger partial charge in [0.25, 0.3) is 0 Å². The number of benzene rings is 1. The van der Waals surface area contributed by atoms with Crippen LogP contribution >= 0.6 is 15.9 Å². The Morgan fingerprint density at radius 1 is 1.41 bits per heavy atom. The number of rotatable bonds is 2. The van der Waals surface area contributed by atoms with Gasteiger partial charge in [0.15, 0.2) is 0 Å². The van der Waals surface area contributed by atoms with Gasteiger partial charge in [-0.15, -0.1) is 0 Å². The first-order valence-electron chi connectivity index (χ1n) is 6.17. The Bertz CT molecular complexity index is 514. The second-order valence-electron chi connectivity index (χ2n) is 4.68. The van der Waals surface area contributed by atoms with Crippen molar-refractivity contribution < 1.29 is 0 Å². The summed E-state index contributed by atoms with van der Waals surface area (Å²) in [5.74, 6) is 0. The molecule has 1 saturated heterocycles. The first-order chi connectivity index (χ1) is 8.33. The van der Waals surface area contributed by atoms with Crippen molar-refractivity contribution >= 4 is 27.0 Å². The van der Waals surface area contributed by atoms with Crippen molar-refractivity contribution in [3.63, 3.8) is 0 Å². The van der Waals surface area contributed by atoms with Crippen molar-refractivity contribution in [1.29, 1.82) is 0 Å². The average molecular weight is 294 g/mol. The molecule has 1 N–H and O–H groups in total. The van der Waals surface area contributed by atoms with Gasteiger partial charge in [-0.05, 0) is 37.6 Å². The molecule has 90 valence electrons. The molecule has 0 radical (unpaired) electrons. The number of hydrogen-bond acceptors (Lipinski definition) is 2. The van der Waals surface area contributed by atoms with Crippen molar-refractivity contribution in [3.8, 4) is 0 Å². The zero-order chi connectivity index (χ0) is 11.7. The van der Waals surface area contributed by atoms with Gasteiger partial charge >= 0.3 is 0 Å². The lowest BCUT2D eigenvalue weighted by Gasteiger charge is -2.23. The Kier molecular flexibility index (Phi) is 3.16.